The average Bonchev–Trinajstić information content (AvgIpc) is 3.19. The second-order valence-corrected chi connectivity index (χ2v) is 6.56. The molecule has 0 spiro atoms. The Labute approximate surface area is 156 Å². The highest BCUT2D eigenvalue weighted by Gasteiger charge is 2.34. The van der Waals surface area contributed by atoms with Crippen LogP contribution in [0.4, 0.5) is 0 Å². The van der Waals surface area contributed by atoms with Crippen molar-refractivity contribution in [3.8, 4) is 11.5 Å². The summed E-state index contributed by atoms with van der Waals surface area (Å²) in [6.07, 6.45) is 5.37. The summed E-state index contributed by atoms with van der Waals surface area (Å²) in [6, 6.07) is 13.9. The Morgan fingerprint density at radius 1 is 1.07 bits per heavy atom. The molecule has 3 heterocycles. The smallest absolute Gasteiger partial charge is 0.274 e. The largest absolute Gasteiger partial charge is 0.454 e. The van der Waals surface area contributed by atoms with Crippen molar-refractivity contribution in [2.75, 3.05) is 13.3 Å². The first-order valence-electron chi connectivity index (χ1n) is 8.85. The predicted octanol–water partition coefficient (Wildman–Crippen LogP) is 2.99. The number of rotatable bonds is 2. The minimum absolute atomic E-state index is 0.125. The summed E-state index contributed by atoms with van der Waals surface area (Å²) < 4.78 is 11.1. The third kappa shape index (κ3) is 2.70. The van der Waals surface area contributed by atoms with Gasteiger partial charge in [-0.15, -0.1) is 0 Å². The molecule has 2 aromatic carbocycles. The van der Waals surface area contributed by atoms with Gasteiger partial charge in [0.15, 0.2) is 11.5 Å². The van der Waals surface area contributed by atoms with Crippen LogP contribution in [0.25, 0.3) is 0 Å². The fourth-order valence-electron chi connectivity index (χ4n) is 3.78. The van der Waals surface area contributed by atoms with E-state index in [1.54, 1.807) is 12.4 Å². The third-order valence-electron chi connectivity index (χ3n) is 5.02. The van der Waals surface area contributed by atoms with Gasteiger partial charge in [0.05, 0.1) is 12.2 Å². The molecular formula is C21H17N3O3. The van der Waals surface area contributed by atoms with Gasteiger partial charge in [-0.3, -0.25) is 9.78 Å². The molecule has 1 aromatic heterocycles. The number of aromatic nitrogens is 2. The normalized spacial score (nSPS) is 17.5. The first-order valence-corrected chi connectivity index (χ1v) is 8.85. The molecular weight excluding hydrogens is 342 g/mol. The Morgan fingerprint density at radius 3 is 2.67 bits per heavy atom. The fourth-order valence-corrected chi connectivity index (χ4v) is 3.78. The van der Waals surface area contributed by atoms with E-state index in [4.69, 9.17) is 9.47 Å². The van der Waals surface area contributed by atoms with Crippen molar-refractivity contribution in [1.82, 2.24) is 14.9 Å². The maximum atomic E-state index is 13.2. The van der Waals surface area contributed by atoms with Crippen molar-refractivity contribution in [3.05, 3.63) is 83.4 Å². The molecule has 1 amide bonds. The van der Waals surface area contributed by atoms with Crippen LogP contribution in [0.3, 0.4) is 0 Å². The van der Waals surface area contributed by atoms with E-state index in [0.29, 0.717) is 12.2 Å². The minimum atomic E-state index is -0.209. The zero-order valence-corrected chi connectivity index (χ0v) is 14.5. The van der Waals surface area contributed by atoms with Crippen molar-refractivity contribution in [3.63, 3.8) is 0 Å². The molecule has 2 aliphatic rings. The van der Waals surface area contributed by atoms with Crippen LogP contribution in [0.15, 0.2) is 61.1 Å². The van der Waals surface area contributed by atoms with Crippen molar-refractivity contribution < 1.29 is 14.3 Å². The van der Waals surface area contributed by atoms with Gasteiger partial charge in [0.1, 0.15) is 5.69 Å². The summed E-state index contributed by atoms with van der Waals surface area (Å²) in [5.41, 5.74) is 3.64. The number of carbonyl (C=O) groups is 1. The van der Waals surface area contributed by atoms with Gasteiger partial charge in [0, 0.05) is 18.9 Å². The van der Waals surface area contributed by atoms with E-state index in [9.17, 15) is 4.79 Å². The van der Waals surface area contributed by atoms with Gasteiger partial charge in [-0.05, 0) is 35.2 Å². The predicted molar refractivity (Wildman–Crippen MR) is 97.6 cm³/mol. The molecule has 2 aliphatic heterocycles. The van der Waals surface area contributed by atoms with E-state index in [1.165, 1.54) is 11.8 Å². The highest BCUT2D eigenvalue weighted by atomic mass is 16.7. The van der Waals surface area contributed by atoms with Crippen LogP contribution in [0.1, 0.15) is 33.2 Å². The highest BCUT2D eigenvalue weighted by Crippen LogP contribution is 2.43. The number of nitrogens with zero attached hydrogens (tertiary/aromatic N) is 3. The summed E-state index contributed by atoms with van der Waals surface area (Å²) in [5, 5.41) is 0. The number of carbonyl (C=O) groups excluding carboxylic acids is 1. The molecule has 0 radical (unpaired) electrons. The Balaban J connectivity index is 1.63. The van der Waals surface area contributed by atoms with Crippen LogP contribution in [0, 0.1) is 0 Å². The van der Waals surface area contributed by atoms with Gasteiger partial charge in [-0.25, -0.2) is 4.98 Å². The zero-order chi connectivity index (χ0) is 18.2. The molecule has 6 heteroatoms. The molecule has 1 atom stereocenters. The van der Waals surface area contributed by atoms with Crippen molar-refractivity contribution in [2.45, 2.75) is 12.5 Å². The Bertz CT molecular complexity index is 992. The zero-order valence-electron chi connectivity index (χ0n) is 14.5. The van der Waals surface area contributed by atoms with Gasteiger partial charge in [0.25, 0.3) is 5.91 Å². The second kappa shape index (κ2) is 6.39. The van der Waals surface area contributed by atoms with Crippen molar-refractivity contribution in [2.24, 2.45) is 0 Å². The number of benzene rings is 2. The van der Waals surface area contributed by atoms with Crippen LogP contribution < -0.4 is 9.47 Å². The SMILES string of the molecule is O=C(c1cnccn1)N1CCc2cc3c(cc2C1c1ccccc1)OCO3. The van der Waals surface area contributed by atoms with Gasteiger partial charge in [-0.1, -0.05) is 30.3 Å². The molecule has 0 saturated carbocycles. The van der Waals surface area contributed by atoms with E-state index < -0.39 is 0 Å². The Hall–Kier alpha value is -3.41. The number of ether oxygens (including phenoxy) is 2. The Kier molecular flexibility index (Phi) is 3.74. The lowest BCUT2D eigenvalue weighted by atomic mass is 9.87. The number of amides is 1. The summed E-state index contributed by atoms with van der Waals surface area (Å²) in [5.74, 6) is 1.37. The topological polar surface area (TPSA) is 64.6 Å². The van der Waals surface area contributed by atoms with E-state index in [2.05, 4.69) is 9.97 Å². The van der Waals surface area contributed by atoms with E-state index in [1.807, 2.05) is 47.4 Å². The van der Waals surface area contributed by atoms with Crippen molar-refractivity contribution in [1.29, 1.82) is 0 Å². The monoisotopic (exact) mass is 359 g/mol. The maximum absolute atomic E-state index is 13.2. The van der Waals surface area contributed by atoms with Gasteiger partial charge in [-0.2, -0.15) is 0 Å². The molecule has 0 N–H and O–H groups in total. The van der Waals surface area contributed by atoms with Crippen molar-refractivity contribution >= 4 is 5.91 Å². The summed E-state index contributed by atoms with van der Waals surface area (Å²) >= 11 is 0. The quantitative estimate of drug-likeness (QED) is 0.704. The summed E-state index contributed by atoms with van der Waals surface area (Å²) in [4.78, 5) is 23.3. The Morgan fingerprint density at radius 2 is 1.89 bits per heavy atom. The average molecular weight is 359 g/mol. The maximum Gasteiger partial charge on any atom is 0.274 e. The minimum Gasteiger partial charge on any atom is -0.454 e. The third-order valence-corrected chi connectivity index (χ3v) is 5.02. The van der Waals surface area contributed by atoms with Gasteiger partial charge >= 0.3 is 0 Å². The first kappa shape index (κ1) is 15.8. The first-order chi connectivity index (χ1) is 13.3. The van der Waals surface area contributed by atoms with Crippen LogP contribution >= 0.6 is 0 Å². The molecule has 3 aromatic rings. The van der Waals surface area contributed by atoms with Crippen LogP contribution in [-0.2, 0) is 6.42 Å². The molecule has 134 valence electrons. The summed E-state index contributed by atoms with van der Waals surface area (Å²) in [7, 11) is 0. The van der Waals surface area contributed by atoms with Crippen LogP contribution in [-0.4, -0.2) is 34.1 Å². The molecule has 0 fully saturated rings. The summed E-state index contributed by atoms with van der Waals surface area (Å²) in [6.45, 7) is 0.831. The van der Waals surface area contributed by atoms with E-state index in [-0.39, 0.29) is 18.7 Å². The highest BCUT2D eigenvalue weighted by molar-refractivity contribution is 5.92. The molecule has 0 bridgehead atoms. The number of hydrogen-bond acceptors (Lipinski definition) is 5. The molecule has 27 heavy (non-hydrogen) atoms. The molecule has 0 aliphatic carbocycles. The van der Waals surface area contributed by atoms with Gasteiger partial charge < -0.3 is 14.4 Å². The standard InChI is InChI=1S/C21H17N3O3/c25-21(17-12-22-7-8-23-17)24-9-6-15-10-18-19(27-13-26-18)11-16(15)20(24)14-4-2-1-3-5-14/h1-5,7-8,10-12,20H,6,9,13H2. The molecule has 6 nitrogen and oxygen atoms in total. The molecule has 1 unspecified atom stereocenters. The number of hydrogen-bond donors (Lipinski definition) is 0. The lowest BCUT2D eigenvalue weighted by Gasteiger charge is -2.37. The lowest BCUT2D eigenvalue weighted by Crippen LogP contribution is -2.41. The number of fused-ring (bicyclic) bond motifs is 2. The molecule has 5 rings (SSSR count). The van der Waals surface area contributed by atoms with Crippen LogP contribution in [0.5, 0.6) is 11.5 Å². The lowest BCUT2D eigenvalue weighted by molar-refractivity contribution is 0.0688. The second-order valence-electron chi connectivity index (χ2n) is 6.56. The van der Waals surface area contributed by atoms with E-state index in [0.717, 1.165) is 29.0 Å². The molecule has 0 saturated heterocycles. The van der Waals surface area contributed by atoms with E-state index >= 15 is 0 Å². The van der Waals surface area contributed by atoms with Crippen LogP contribution in [0.2, 0.25) is 0 Å². The fraction of sp³-hybridized carbons (Fsp3) is 0.190. The van der Waals surface area contributed by atoms with Gasteiger partial charge in [0.2, 0.25) is 6.79 Å².